The molecule has 39 heavy (non-hydrogen) atoms. The van der Waals surface area contributed by atoms with Gasteiger partial charge in [0.05, 0.1) is 34.9 Å². The highest BCUT2D eigenvalue weighted by molar-refractivity contribution is 6.01. The second-order valence-electron chi connectivity index (χ2n) is 9.38. The number of hydrogen-bond donors (Lipinski definition) is 1. The Morgan fingerprint density at radius 2 is 1.62 bits per heavy atom. The van der Waals surface area contributed by atoms with E-state index in [1.54, 1.807) is 15.5 Å². The molecule has 0 saturated carbocycles. The Hall–Kier alpha value is -4.65. The number of ether oxygens (including phenoxy) is 1. The number of carbonyl (C=O) groups excluding carboxylic acids is 1. The third-order valence-electron chi connectivity index (χ3n) is 6.81. The zero-order chi connectivity index (χ0) is 27.4. The minimum absolute atomic E-state index is 0.183. The third-order valence-corrected chi connectivity index (χ3v) is 6.81. The van der Waals surface area contributed by atoms with Crippen molar-refractivity contribution in [3.05, 3.63) is 107 Å². The van der Waals surface area contributed by atoms with Crippen molar-refractivity contribution in [1.29, 1.82) is 0 Å². The van der Waals surface area contributed by atoms with Gasteiger partial charge in [-0.05, 0) is 68.1 Å². The molecule has 4 aromatic carbocycles. The summed E-state index contributed by atoms with van der Waals surface area (Å²) >= 11 is 0. The maximum absolute atomic E-state index is 13.8. The fourth-order valence-electron chi connectivity index (χ4n) is 4.91. The van der Waals surface area contributed by atoms with E-state index in [0.717, 1.165) is 28.6 Å². The fourth-order valence-corrected chi connectivity index (χ4v) is 4.91. The van der Waals surface area contributed by atoms with Crippen LogP contribution in [0.2, 0.25) is 0 Å². The van der Waals surface area contributed by atoms with Gasteiger partial charge in [-0.3, -0.25) is 9.36 Å². The van der Waals surface area contributed by atoms with Crippen LogP contribution in [0.3, 0.4) is 0 Å². The van der Waals surface area contributed by atoms with Crippen molar-refractivity contribution < 1.29 is 9.53 Å². The van der Waals surface area contributed by atoms with Crippen molar-refractivity contribution >= 4 is 33.4 Å². The van der Waals surface area contributed by atoms with Crippen LogP contribution in [0.4, 0.5) is 10.5 Å². The van der Waals surface area contributed by atoms with Crippen molar-refractivity contribution in [2.45, 2.75) is 33.2 Å². The van der Waals surface area contributed by atoms with E-state index in [-0.39, 0.29) is 11.6 Å². The number of hydrogen-bond acceptors (Lipinski definition) is 4. The molecule has 0 fully saturated rings. The highest BCUT2D eigenvalue weighted by atomic mass is 16.5. The van der Waals surface area contributed by atoms with Gasteiger partial charge in [0.25, 0.3) is 5.56 Å². The number of rotatable bonds is 8. The first-order chi connectivity index (χ1) is 19.0. The maximum Gasteiger partial charge on any atom is 0.322 e. The smallest absolute Gasteiger partial charge is 0.322 e. The quantitative estimate of drug-likeness (QED) is 0.240. The summed E-state index contributed by atoms with van der Waals surface area (Å²) < 4.78 is 7.21. The van der Waals surface area contributed by atoms with E-state index < -0.39 is 6.04 Å². The number of para-hydroxylation sites is 1. The highest BCUT2D eigenvalue weighted by Gasteiger charge is 2.27. The molecule has 1 heterocycles. The van der Waals surface area contributed by atoms with Crippen LogP contribution < -0.4 is 15.6 Å². The number of anilines is 1. The molecule has 0 radical (unpaired) electrons. The largest absolute Gasteiger partial charge is 0.494 e. The molecular formula is C32H32N4O3. The van der Waals surface area contributed by atoms with Crippen LogP contribution in [0.1, 0.15) is 39.1 Å². The van der Waals surface area contributed by atoms with Crippen LogP contribution in [-0.2, 0) is 0 Å². The Balaban J connectivity index is 1.58. The van der Waals surface area contributed by atoms with Gasteiger partial charge < -0.3 is 15.0 Å². The number of fused-ring (bicyclic) bond motifs is 2. The van der Waals surface area contributed by atoms with Crippen molar-refractivity contribution in [3.63, 3.8) is 0 Å². The van der Waals surface area contributed by atoms with Gasteiger partial charge in [0, 0.05) is 11.9 Å². The number of urea groups is 1. The zero-order valence-electron chi connectivity index (χ0n) is 22.4. The molecule has 0 aliphatic rings. The Morgan fingerprint density at radius 1 is 0.923 bits per heavy atom. The van der Waals surface area contributed by atoms with Crippen molar-refractivity contribution in [1.82, 2.24) is 14.5 Å². The summed E-state index contributed by atoms with van der Waals surface area (Å²) in [5, 5.41) is 5.64. The van der Waals surface area contributed by atoms with Gasteiger partial charge in [-0.25, -0.2) is 9.78 Å². The molecular weight excluding hydrogens is 488 g/mol. The van der Waals surface area contributed by atoms with Crippen molar-refractivity contribution in [3.8, 4) is 11.4 Å². The number of aromatic nitrogens is 2. The van der Waals surface area contributed by atoms with Crippen molar-refractivity contribution in [2.75, 3.05) is 18.5 Å². The summed E-state index contributed by atoms with van der Waals surface area (Å²) in [6, 6.07) is 27.7. The highest BCUT2D eigenvalue weighted by Crippen LogP contribution is 2.27. The molecule has 1 N–H and O–H groups in total. The summed E-state index contributed by atoms with van der Waals surface area (Å²) in [6.07, 6.45) is 0.744. The molecule has 5 rings (SSSR count). The number of benzene rings is 4. The fraction of sp³-hybridized carbons (Fsp3) is 0.219. The van der Waals surface area contributed by atoms with Crippen LogP contribution in [0.15, 0.2) is 95.8 Å². The topological polar surface area (TPSA) is 76.5 Å². The predicted molar refractivity (Wildman–Crippen MR) is 157 cm³/mol. The van der Waals surface area contributed by atoms with Crippen LogP contribution in [0.5, 0.6) is 5.75 Å². The van der Waals surface area contributed by atoms with Crippen molar-refractivity contribution in [2.24, 2.45) is 0 Å². The van der Waals surface area contributed by atoms with Gasteiger partial charge in [0.1, 0.15) is 11.6 Å². The minimum Gasteiger partial charge on any atom is -0.494 e. The zero-order valence-corrected chi connectivity index (χ0v) is 22.4. The summed E-state index contributed by atoms with van der Waals surface area (Å²) in [5.41, 5.74) is 1.81. The SMILES string of the molecule is CCCN(C(=O)Nc1cccc2ccccc12)C(C)c1nc2ccccc2c(=O)n1-c1ccc(OCC)cc1. The third kappa shape index (κ3) is 5.21. The number of nitrogens with zero attached hydrogens (tertiary/aromatic N) is 3. The van der Waals surface area contributed by atoms with Crippen LogP contribution in [0, 0.1) is 0 Å². The first-order valence-electron chi connectivity index (χ1n) is 13.3. The molecule has 7 nitrogen and oxygen atoms in total. The molecule has 0 saturated heterocycles. The van der Waals surface area contributed by atoms with E-state index in [1.807, 2.05) is 106 Å². The molecule has 7 heteroatoms. The Morgan fingerprint density at radius 3 is 2.36 bits per heavy atom. The summed E-state index contributed by atoms with van der Waals surface area (Å²) in [6.45, 7) is 6.91. The molecule has 1 aromatic heterocycles. The summed E-state index contributed by atoms with van der Waals surface area (Å²) in [4.78, 5) is 34.2. The van der Waals surface area contributed by atoms with Gasteiger partial charge >= 0.3 is 6.03 Å². The lowest BCUT2D eigenvalue weighted by Crippen LogP contribution is -2.40. The average molecular weight is 521 g/mol. The second-order valence-corrected chi connectivity index (χ2v) is 9.38. The van der Waals surface area contributed by atoms with E-state index in [9.17, 15) is 9.59 Å². The molecule has 0 aliphatic carbocycles. The summed E-state index contributed by atoms with van der Waals surface area (Å²) in [7, 11) is 0. The maximum atomic E-state index is 13.8. The Labute approximate surface area is 227 Å². The van der Waals surface area contributed by atoms with Gasteiger partial charge in [-0.2, -0.15) is 0 Å². The van der Waals surface area contributed by atoms with E-state index in [1.165, 1.54) is 0 Å². The van der Waals surface area contributed by atoms with E-state index in [2.05, 4.69) is 5.32 Å². The molecule has 5 aromatic rings. The Kier molecular flexibility index (Phi) is 7.59. The molecule has 1 atom stereocenters. The lowest BCUT2D eigenvalue weighted by molar-refractivity contribution is 0.189. The van der Waals surface area contributed by atoms with Gasteiger partial charge in [-0.1, -0.05) is 55.5 Å². The van der Waals surface area contributed by atoms with Gasteiger partial charge in [0.2, 0.25) is 0 Å². The van der Waals surface area contributed by atoms with Gasteiger partial charge in [-0.15, -0.1) is 0 Å². The normalized spacial score (nSPS) is 11.9. The monoisotopic (exact) mass is 520 g/mol. The molecule has 0 aliphatic heterocycles. The van der Waals surface area contributed by atoms with Crippen LogP contribution in [0.25, 0.3) is 27.4 Å². The molecule has 0 spiro atoms. The first-order valence-corrected chi connectivity index (χ1v) is 13.3. The number of carbonyl (C=O) groups is 1. The summed E-state index contributed by atoms with van der Waals surface area (Å²) in [5.74, 6) is 1.21. The van der Waals surface area contributed by atoms with Crippen LogP contribution >= 0.6 is 0 Å². The lowest BCUT2D eigenvalue weighted by Gasteiger charge is -2.30. The molecule has 1 unspecified atom stereocenters. The predicted octanol–water partition coefficient (Wildman–Crippen LogP) is 6.94. The average Bonchev–Trinajstić information content (AvgIpc) is 2.96. The first kappa shape index (κ1) is 26.0. The standard InChI is InChI=1S/C32H32N4O3/c1-4-21-35(32(38)34-28-16-10-12-23-11-6-7-13-26(23)28)22(3)30-33-29-15-9-8-14-27(29)31(37)36(30)24-17-19-25(20-18-24)39-5-2/h6-20,22H,4-5,21H2,1-3H3,(H,34,38). The molecule has 0 bridgehead atoms. The second kappa shape index (κ2) is 11.4. The molecule has 2 amide bonds. The lowest BCUT2D eigenvalue weighted by atomic mass is 10.1. The number of amides is 2. The van der Waals surface area contributed by atoms with Gasteiger partial charge in [0.15, 0.2) is 0 Å². The molecule has 198 valence electrons. The van der Waals surface area contributed by atoms with Crippen LogP contribution in [-0.4, -0.2) is 33.6 Å². The van der Waals surface area contributed by atoms with E-state index in [4.69, 9.17) is 9.72 Å². The van der Waals surface area contributed by atoms with E-state index >= 15 is 0 Å². The number of nitrogens with one attached hydrogen (secondary N) is 1. The minimum atomic E-state index is -0.496. The Bertz CT molecular complexity index is 1670. The van der Waals surface area contributed by atoms with E-state index in [0.29, 0.717) is 35.6 Å².